The summed E-state index contributed by atoms with van der Waals surface area (Å²) in [5.41, 5.74) is 5.44. The van der Waals surface area contributed by atoms with Gasteiger partial charge in [-0.05, 0) is 54.2 Å². The van der Waals surface area contributed by atoms with Gasteiger partial charge < -0.3 is 5.32 Å². The van der Waals surface area contributed by atoms with Gasteiger partial charge in [0.1, 0.15) is 0 Å². The van der Waals surface area contributed by atoms with Gasteiger partial charge in [-0.25, -0.2) is 0 Å². The summed E-state index contributed by atoms with van der Waals surface area (Å²) < 4.78 is 1.18. The lowest BCUT2D eigenvalue weighted by molar-refractivity contribution is 0.523. The molecule has 3 rings (SSSR count). The average Bonchev–Trinajstić information content (AvgIpc) is 2.87. The molecule has 1 aliphatic rings. The third-order valence-electron chi connectivity index (χ3n) is 4.06. The number of halogens is 1. The number of fused-ring (bicyclic) bond motifs is 1. The van der Waals surface area contributed by atoms with Gasteiger partial charge in [0.25, 0.3) is 0 Å². The largest absolute Gasteiger partial charge is 0.304 e. The molecule has 1 heterocycles. The van der Waals surface area contributed by atoms with E-state index in [1.807, 2.05) is 12.3 Å². The quantitative estimate of drug-likeness (QED) is 0.909. The Bertz CT molecular complexity index is 610. The molecule has 1 aromatic carbocycles. The van der Waals surface area contributed by atoms with Gasteiger partial charge in [-0.2, -0.15) is 0 Å². The van der Waals surface area contributed by atoms with Crippen molar-refractivity contribution in [3.05, 3.63) is 63.4 Å². The standard InChI is InChI=1S/C17H19BrN2/c1-2-12-4-3-9-19-17(12)11-20-16-8-5-13-10-14(18)6-7-15(13)16/h3-4,6-7,9-10,16,20H,2,5,8,11H2,1H3. The molecule has 0 radical (unpaired) electrons. The van der Waals surface area contributed by atoms with Crippen LogP contribution in [0.25, 0.3) is 0 Å². The Morgan fingerprint density at radius 3 is 3.10 bits per heavy atom. The third kappa shape index (κ3) is 2.79. The number of hydrogen-bond acceptors (Lipinski definition) is 2. The SMILES string of the molecule is CCc1cccnc1CNC1CCc2cc(Br)ccc21. The van der Waals surface area contributed by atoms with Gasteiger partial charge in [-0.3, -0.25) is 4.98 Å². The summed E-state index contributed by atoms with van der Waals surface area (Å²) in [6.45, 7) is 3.03. The summed E-state index contributed by atoms with van der Waals surface area (Å²) in [5, 5.41) is 3.67. The van der Waals surface area contributed by atoms with Crippen LogP contribution in [0.15, 0.2) is 41.0 Å². The number of aryl methyl sites for hydroxylation is 2. The Kier molecular flexibility index (Phi) is 4.18. The lowest BCUT2D eigenvalue weighted by Gasteiger charge is -2.15. The number of aromatic nitrogens is 1. The van der Waals surface area contributed by atoms with Crippen LogP contribution in [-0.2, 0) is 19.4 Å². The van der Waals surface area contributed by atoms with Gasteiger partial charge in [0.15, 0.2) is 0 Å². The zero-order valence-electron chi connectivity index (χ0n) is 11.7. The highest BCUT2D eigenvalue weighted by atomic mass is 79.9. The van der Waals surface area contributed by atoms with Gasteiger partial charge in [-0.15, -0.1) is 0 Å². The molecule has 3 heteroatoms. The van der Waals surface area contributed by atoms with Crippen molar-refractivity contribution in [1.82, 2.24) is 10.3 Å². The smallest absolute Gasteiger partial charge is 0.0573 e. The lowest BCUT2D eigenvalue weighted by atomic mass is 10.1. The van der Waals surface area contributed by atoms with Crippen LogP contribution >= 0.6 is 15.9 Å². The molecule has 0 saturated heterocycles. The molecule has 0 bridgehead atoms. The zero-order chi connectivity index (χ0) is 13.9. The van der Waals surface area contributed by atoms with E-state index in [-0.39, 0.29) is 0 Å². The third-order valence-corrected chi connectivity index (χ3v) is 4.56. The number of nitrogens with one attached hydrogen (secondary N) is 1. The molecule has 2 aromatic rings. The zero-order valence-corrected chi connectivity index (χ0v) is 13.3. The van der Waals surface area contributed by atoms with E-state index in [4.69, 9.17) is 0 Å². The minimum absolute atomic E-state index is 0.463. The number of pyridine rings is 1. The summed E-state index contributed by atoms with van der Waals surface area (Å²) in [6.07, 6.45) is 5.27. The van der Waals surface area contributed by atoms with E-state index in [0.717, 1.165) is 19.4 Å². The van der Waals surface area contributed by atoms with E-state index in [1.54, 1.807) is 0 Å². The summed E-state index contributed by atoms with van der Waals surface area (Å²) in [4.78, 5) is 4.51. The van der Waals surface area contributed by atoms with Crippen molar-refractivity contribution < 1.29 is 0 Å². The molecule has 1 atom stereocenters. The molecule has 1 unspecified atom stereocenters. The van der Waals surface area contributed by atoms with E-state index >= 15 is 0 Å². The molecular weight excluding hydrogens is 312 g/mol. The van der Waals surface area contributed by atoms with Gasteiger partial charge in [0.05, 0.1) is 5.69 Å². The van der Waals surface area contributed by atoms with E-state index in [9.17, 15) is 0 Å². The minimum atomic E-state index is 0.463. The summed E-state index contributed by atoms with van der Waals surface area (Å²) in [7, 11) is 0. The van der Waals surface area contributed by atoms with Crippen LogP contribution in [0.5, 0.6) is 0 Å². The van der Waals surface area contributed by atoms with Crippen molar-refractivity contribution >= 4 is 15.9 Å². The van der Waals surface area contributed by atoms with E-state index in [2.05, 4.69) is 57.4 Å². The molecule has 2 nitrogen and oxygen atoms in total. The molecule has 0 saturated carbocycles. The topological polar surface area (TPSA) is 24.9 Å². The van der Waals surface area contributed by atoms with E-state index < -0.39 is 0 Å². The first-order chi connectivity index (χ1) is 9.78. The fraction of sp³-hybridized carbons (Fsp3) is 0.353. The lowest BCUT2D eigenvalue weighted by Crippen LogP contribution is -2.20. The Hall–Kier alpha value is -1.19. The second-order valence-corrected chi connectivity index (χ2v) is 6.19. The maximum Gasteiger partial charge on any atom is 0.0573 e. The maximum absolute atomic E-state index is 4.51. The van der Waals surface area contributed by atoms with Gasteiger partial charge >= 0.3 is 0 Å². The first kappa shape index (κ1) is 13.8. The van der Waals surface area contributed by atoms with Gasteiger partial charge in [0, 0.05) is 23.3 Å². The highest BCUT2D eigenvalue weighted by molar-refractivity contribution is 9.10. The van der Waals surface area contributed by atoms with Crippen LogP contribution in [0.4, 0.5) is 0 Å². The van der Waals surface area contributed by atoms with Crippen molar-refractivity contribution in [2.75, 3.05) is 0 Å². The predicted octanol–water partition coefficient (Wildman–Crippen LogP) is 4.18. The Balaban J connectivity index is 1.72. The summed E-state index contributed by atoms with van der Waals surface area (Å²) >= 11 is 3.55. The second kappa shape index (κ2) is 6.06. The van der Waals surface area contributed by atoms with Crippen molar-refractivity contribution in [2.24, 2.45) is 0 Å². The minimum Gasteiger partial charge on any atom is -0.304 e. The molecular formula is C17H19BrN2. The number of rotatable bonds is 4. The van der Waals surface area contributed by atoms with Crippen LogP contribution in [-0.4, -0.2) is 4.98 Å². The summed E-state index contributed by atoms with van der Waals surface area (Å²) in [6, 6.07) is 11.3. The Labute approximate surface area is 128 Å². The van der Waals surface area contributed by atoms with Crippen LogP contribution in [0.1, 0.15) is 41.8 Å². The van der Waals surface area contributed by atoms with Crippen molar-refractivity contribution in [3.63, 3.8) is 0 Å². The fourth-order valence-electron chi connectivity index (χ4n) is 2.97. The van der Waals surface area contributed by atoms with Crippen LogP contribution < -0.4 is 5.32 Å². The molecule has 1 N–H and O–H groups in total. The molecule has 0 amide bonds. The Morgan fingerprint density at radius 2 is 2.25 bits per heavy atom. The number of hydrogen-bond donors (Lipinski definition) is 1. The summed E-state index contributed by atoms with van der Waals surface area (Å²) in [5.74, 6) is 0. The van der Waals surface area contributed by atoms with Crippen molar-refractivity contribution in [1.29, 1.82) is 0 Å². The van der Waals surface area contributed by atoms with Gasteiger partial charge in [0.2, 0.25) is 0 Å². The predicted molar refractivity (Wildman–Crippen MR) is 85.7 cm³/mol. The number of nitrogens with zero attached hydrogens (tertiary/aromatic N) is 1. The number of benzene rings is 1. The van der Waals surface area contributed by atoms with Crippen LogP contribution in [0.3, 0.4) is 0 Å². The molecule has 0 spiro atoms. The highest BCUT2D eigenvalue weighted by Crippen LogP contribution is 2.33. The second-order valence-electron chi connectivity index (χ2n) is 5.28. The monoisotopic (exact) mass is 330 g/mol. The first-order valence-electron chi connectivity index (χ1n) is 7.22. The Morgan fingerprint density at radius 1 is 1.35 bits per heavy atom. The van der Waals surface area contributed by atoms with Crippen LogP contribution in [0.2, 0.25) is 0 Å². The van der Waals surface area contributed by atoms with E-state index in [1.165, 1.54) is 33.3 Å². The average molecular weight is 331 g/mol. The molecule has 0 aliphatic heterocycles. The fourth-order valence-corrected chi connectivity index (χ4v) is 3.38. The molecule has 1 aliphatic carbocycles. The molecule has 0 fully saturated rings. The molecule has 104 valence electrons. The molecule has 1 aromatic heterocycles. The first-order valence-corrected chi connectivity index (χ1v) is 8.01. The van der Waals surface area contributed by atoms with Crippen molar-refractivity contribution in [2.45, 2.75) is 38.8 Å². The normalized spacial score (nSPS) is 17.2. The molecule has 20 heavy (non-hydrogen) atoms. The van der Waals surface area contributed by atoms with Crippen molar-refractivity contribution in [3.8, 4) is 0 Å². The van der Waals surface area contributed by atoms with Crippen LogP contribution in [0, 0.1) is 0 Å². The highest BCUT2D eigenvalue weighted by Gasteiger charge is 2.22. The van der Waals surface area contributed by atoms with Gasteiger partial charge in [-0.1, -0.05) is 35.0 Å². The van der Waals surface area contributed by atoms with E-state index in [0.29, 0.717) is 6.04 Å². The maximum atomic E-state index is 4.51.